The summed E-state index contributed by atoms with van der Waals surface area (Å²) in [5.74, 6) is 0.345. The highest BCUT2D eigenvalue weighted by molar-refractivity contribution is 5.80. The summed E-state index contributed by atoms with van der Waals surface area (Å²) < 4.78 is 0. The lowest BCUT2D eigenvalue weighted by Gasteiger charge is -1.99. The van der Waals surface area contributed by atoms with E-state index in [1.807, 2.05) is 18.2 Å². The zero-order chi connectivity index (χ0) is 15.2. The lowest BCUT2D eigenvalue weighted by atomic mass is 10.1. The summed E-state index contributed by atoms with van der Waals surface area (Å²) in [4.78, 5) is 11.8. The van der Waals surface area contributed by atoms with E-state index in [4.69, 9.17) is 0 Å². The first-order chi connectivity index (χ1) is 10.3. The average Bonchev–Trinajstić information content (AvgIpc) is 2.52. The first-order valence-electron chi connectivity index (χ1n) is 8.53. The smallest absolute Gasteiger partial charge is 0.136 e. The van der Waals surface area contributed by atoms with Crippen molar-refractivity contribution in [2.24, 2.45) is 0 Å². The molecule has 0 fully saturated rings. The molecule has 0 aliphatic heterocycles. The van der Waals surface area contributed by atoms with Crippen LogP contribution >= 0.6 is 0 Å². The lowest BCUT2D eigenvalue weighted by Crippen LogP contribution is -1.98. The Morgan fingerprint density at radius 1 is 0.952 bits per heavy atom. The van der Waals surface area contributed by atoms with Crippen LogP contribution in [0.25, 0.3) is 0 Å². The van der Waals surface area contributed by atoms with Crippen molar-refractivity contribution in [3.05, 3.63) is 48.0 Å². The first kappa shape index (κ1) is 17.7. The van der Waals surface area contributed by atoms with Gasteiger partial charge in [0, 0.05) is 12.8 Å². The number of ketones is 1. The number of hydrogen-bond acceptors (Lipinski definition) is 1. The van der Waals surface area contributed by atoms with Gasteiger partial charge in [0.25, 0.3) is 0 Å². The fourth-order valence-corrected chi connectivity index (χ4v) is 2.41. The summed E-state index contributed by atoms with van der Waals surface area (Å²) in [6.07, 6.45) is 15.5. The molecule has 0 aliphatic carbocycles. The monoisotopic (exact) mass is 286 g/mol. The molecule has 116 valence electrons. The maximum Gasteiger partial charge on any atom is 0.136 e. The molecule has 0 aliphatic rings. The number of allylic oxidation sites excluding steroid dienone is 2. The van der Waals surface area contributed by atoms with Crippen LogP contribution in [-0.2, 0) is 11.2 Å². The van der Waals surface area contributed by atoms with Gasteiger partial charge in [-0.1, -0.05) is 81.5 Å². The average molecular weight is 286 g/mol. The molecule has 1 aromatic rings. The van der Waals surface area contributed by atoms with Crippen molar-refractivity contribution in [1.82, 2.24) is 0 Å². The van der Waals surface area contributed by atoms with Crippen molar-refractivity contribution in [3.8, 4) is 0 Å². The van der Waals surface area contributed by atoms with Gasteiger partial charge in [-0.2, -0.15) is 0 Å². The molecule has 1 nitrogen and oxygen atoms in total. The molecule has 0 heterocycles. The molecule has 1 rings (SSSR count). The number of Topliss-reactive ketones (excluding diaryl/α,β-unsaturated/α-hetero) is 1. The van der Waals surface area contributed by atoms with E-state index in [-0.39, 0.29) is 0 Å². The van der Waals surface area contributed by atoms with Crippen molar-refractivity contribution in [2.75, 3.05) is 0 Å². The largest absolute Gasteiger partial charge is 0.299 e. The minimum Gasteiger partial charge on any atom is -0.299 e. The second kappa shape index (κ2) is 12.4. The SMILES string of the molecule is CCCCCCCC/C=C/CC(=O)CCc1ccccc1. The summed E-state index contributed by atoms with van der Waals surface area (Å²) >= 11 is 0. The van der Waals surface area contributed by atoms with Gasteiger partial charge < -0.3 is 0 Å². The van der Waals surface area contributed by atoms with Crippen molar-refractivity contribution in [1.29, 1.82) is 0 Å². The molecule has 0 unspecified atom stereocenters. The first-order valence-corrected chi connectivity index (χ1v) is 8.53. The highest BCUT2D eigenvalue weighted by Gasteiger charge is 2.00. The van der Waals surface area contributed by atoms with Crippen molar-refractivity contribution >= 4 is 5.78 Å². The molecule has 0 aromatic heterocycles. The Bertz CT molecular complexity index is 392. The van der Waals surface area contributed by atoms with E-state index in [9.17, 15) is 4.79 Å². The molecule has 0 radical (unpaired) electrons. The molecular formula is C20H30O. The molecule has 0 amide bonds. The van der Waals surface area contributed by atoms with Crippen molar-refractivity contribution in [2.45, 2.75) is 71.1 Å². The van der Waals surface area contributed by atoms with Crippen LogP contribution < -0.4 is 0 Å². The topological polar surface area (TPSA) is 17.1 Å². The predicted molar refractivity (Wildman–Crippen MR) is 91.5 cm³/mol. The summed E-state index contributed by atoms with van der Waals surface area (Å²) in [7, 11) is 0. The number of hydrogen-bond donors (Lipinski definition) is 0. The zero-order valence-electron chi connectivity index (χ0n) is 13.5. The van der Waals surface area contributed by atoms with Gasteiger partial charge in [-0.05, 0) is 24.8 Å². The van der Waals surface area contributed by atoms with Gasteiger partial charge >= 0.3 is 0 Å². The Balaban J connectivity index is 1.98. The van der Waals surface area contributed by atoms with Gasteiger partial charge in [0.2, 0.25) is 0 Å². The highest BCUT2D eigenvalue weighted by Crippen LogP contribution is 2.08. The molecule has 0 saturated carbocycles. The molecule has 1 aromatic carbocycles. The Kier molecular flexibility index (Phi) is 10.4. The number of carbonyl (C=O) groups excluding carboxylic acids is 1. The minimum absolute atomic E-state index is 0.345. The molecule has 0 N–H and O–H groups in total. The highest BCUT2D eigenvalue weighted by atomic mass is 16.1. The summed E-state index contributed by atoms with van der Waals surface area (Å²) in [5.41, 5.74) is 1.25. The number of rotatable bonds is 12. The van der Waals surface area contributed by atoms with E-state index in [0.717, 1.165) is 12.8 Å². The number of benzene rings is 1. The van der Waals surface area contributed by atoms with Gasteiger partial charge in [-0.25, -0.2) is 0 Å². The van der Waals surface area contributed by atoms with Crippen LogP contribution in [0.2, 0.25) is 0 Å². The quantitative estimate of drug-likeness (QED) is 0.346. The number of carbonyl (C=O) groups is 1. The van der Waals surface area contributed by atoms with Crippen LogP contribution in [0, 0.1) is 0 Å². The summed E-state index contributed by atoms with van der Waals surface area (Å²) in [5, 5.41) is 0. The van der Waals surface area contributed by atoms with Crippen LogP contribution in [-0.4, -0.2) is 5.78 Å². The van der Waals surface area contributed by atoms with Crippen LogP contribution in [0.3, 0.4) is 0 Å². The summed E-state index contributed by atoms with van der Waals surface area (Å²) in [6.45, 7) is 2.25. The van der Waals surface area contributed by atoms with Crippen molar-refractivity contribution in [3.63, 3.8) is 0 Å². The van der Waals surface area contributed by atoms with Gasteiger partial charge in [0.05, 0.1) is 0 Å². The van der Waals surface area contributed by atoms with Gasteiger partial charge in [-0.3, -0.25) is 4.79 Å². The summed E-state index contributed by atoms with van der Waals surface area (Å²) in [6, 6.07) is 10.2. The van der Waals surface area contributed by atoms with Gasteiger partial charge in [0.15, 0.2) is 0 Å². The Hall–Kier alpha value is -1.37. The normalized spacial score (nSPS) is 11.1. The molecule has 1 heteroatoms. The zero-order valence-corrected chi connectivity index (χ0v) is 13.5. The van der Waals surface area contributed by atoms with E-state index < -0.39 is 0 Å². The van der Waals surface area contributed by atoms with E-state index in [1.54, 1.807) is 0 Å². The van der Waals surface area contributed by atoms with Crippen molar-refractivity contribution < 1.29 is 4.79 Å². The standard InChI is InChI=1S/C20H30O/c1-2-3-4-5-6-7-8-9-13-16-20(21)18-17-19-14-11-10-12-15-19/h9-15H,2-8,16-18H2,1H3/b13-9+. The van der Waals surface area contributed by atoms with Crippen LogP contribution in [0.5, 0.6) is 0 Å². The van der Waals surface area contributed by atoms with E-state index in [2.05, 4.69) is 31.2 Å². The molecular weight excluding hydrogens is 256 g/mol. The molecule has 0 bridgehead atoms. The maximum absolute atomic E-state index is 11.8. The van der Waals surface area contributed by atoms with Gasteiger partial charge in [0.1, 0.15) is 5.78 Å². The number of aryl methyl sites for hydroxylation is 1. The lowest BCUT2D eigenvalue weighted by molar-refractivity contribution is -0.118. The molecule has 21 heavy (non-hydrogen) atoms. The second-order valence-corrected chi connectivity index (χ2v) is 5.76. The Morgan fingerprint density at radius 3 is 2.43 bits per heavy atom. The third-order valence-electron chi connectivity index (χ3n) is 3.77. The van der Waals surface area contributed by atoms with Crippen LogP contribution in [0.15, 0.2) is 42.5 Å². The van der Waals surface area contributed by atoms with E-state index in [0.29, 0.717) is 18.6 Å². The minimum atomic E-state index is 0.345. The van der Waals surface area contributed by atoms with Crippen LogP contribution in [0.4, 0.5) is 0 Å². The third kappa shape index (κ3) is 10.1. The number of unbranched alkanes of at least 4 members (excludes halogenated alkanes) is 6. The van der Waals surface area contributed by atoms with E-state index >= 15 is 0 Å². The predicted octanol–water partition coefficient (Wildman–Crippen LogP) is 5.89. The Labute approximate surface area is 130 Å². The fraction of sp³-hybridized carbons (Fsp3) is 0.550. The van der Waals surface area contributed by atoms with Gasteiger partial charge in [-0.15, -0.1) is 0 Å². The third-order valence-corrected chi connectivity index (χ3v) is 3.77. The van der Waals surface area contributed by atoms with Crippen LogP contribution in [0.1, 0.15) is 70.3 Å². The van der Waals surface area contributed by atoms with E-state index in [1.165, 1.54) is 44.1 Å². The molecule has 0 atom stereocenters. The molecule has 0 saturated heterocycles. The molecule has 0 spiro atoms. The fourth-order valence-electron chi connectivity index (χ4n) is 2.41. The maximum atomic E-state index is 11.8. The second-order valence-electron chi connectivity index (χ2n) is 5.76. The Morgan fingerprint density at radius 2 is 1.67 bits per heavy atom.